The third-order valence-electron chi connectivity index (χ3n) is 3.45. The molecule has 0 saturated carbocycles. The number of alkyl halides is 3. The Hall–Kier alpha value is -1.34. The predicted molar refractivity (Wildman–Crippen MR) is 71.5 cm³/mol. The highest BCUT2D eigenvalue weighted by atomic mass is 19.4. The molecule has 0 bridgehead atoms. The van der Waals surface area contributed by atoms with Crippen molar-refractivity contribution in [3.05, 3.63) is 23.9 Å². The minimum absolute atomic E-state index is 0.0802. The van der Waals surface area contributed by atoms with E-state index in [1.807, 2.05) is 17.0 Å². The maximum absolute atomic E-state index is 12.2. The van der Waals surface area contributed by atoms with Gasteiger partial charge in [0.15, 0.2) is 0 Å². The molecule has 1 aromatic rings. The highest BCUT2D eigenvalue weighted by Crippen LogP contribution is 2.21. The zero-order valence-corrected chi connectivity index (χ0v) is 11.2. The minimum Gasteiger partial charge on any atom is -0.354 e. The second-order valence-electron chi connectivity index (χ2n) is 4.92. The molecular weight excluding hydrogens is 269 g/mol. The molecule has 0 unspecified atom stereocenters. The van der Waals surface area contributed by atoms with Crippen LogP contribution in [0.3, 0.4) is 0 Å². The average molecular weight is 288 g/mol. The molecule has 1 saturated heterocycles. The van der Waals surface area contributed by atoms with Crippen LogP contribution in [-0.2, 0) is 6.54 Å². The molecule has 2 N–H and O–H groups in total. The van der Waals surface area contributed by atoms with Gasteiger partial charge in [-0.05, 0) is 11.6 Å². The van der Waals surface area contributed by atoms with Crippen molar-refractivity contribution in [1.29, 1.82) is 0 Å². The Labute approximate surface area is 116 Å². The smallest absolute Gasteiger partial charge is 0.354 e. The summed E-state index contributed by atoms with van der Waals surface area (Å²) < 4.78 is 36.5. The summed E-state index contributed by atoms with van der Waals surface area (Å²) in [7, 11) is 0. The van der Waals surface area contributed by atoms with Gasteiger partial charge in [0.25, 0.3) is 0 Å². The van der Waals surface area contributed by atoms with Crippen LogP contribution in [-0.4, -0.2) is 48.8 Å². The van der Waals surface area contributed by atoms with Gasteiger partial charge < -0.3 is 10.6 Å². The summed E-state index contributed by atoms with van der Waals surface area (Å²) in [5.74, 6) is 0.859. The fourth-order valence-corrected chi connectivity index (χ4v) is 2.21. The molecule has 1 aromatic heterocycles. The fraction of sp³-hybridized carbons (Fsp3) is 0.615. The molecule has 2 rings (SSSR count). The average Bonchev–Trinajstić information content (AvgIpc) is 2.45. The number of piperazine rings is 1. The van der Waals surface area contributed by atoms with E-state index in [9.17, 15) is 13.2 Å². The van der Waals surface area contributed by atoms with Crippen LogP contribution in [0.4, 0.5) is 19.0 Å². The number of rotatable bonds is 4. The molecule has 1 aliphatic heterocycles. The fourth-order valence-electron chi connectivity index (χ4n) is 2.21. The summed E-state index contributed by atoms with van der Waals surface area (Å²) in [5.41, 5.74) is 6.48. The van der Waals surface area contributed by atoms with E-state index < -0.39 is 12.6 Å². The molecule has 4 nitrogen and oxygen atoms in total. The van der Waals surface area contributed by atoms with E-state index in [1.54, 1.807) is 6.20 Å². The van der Waals surface area contributed by atoms with Gasteiger partial charge in [0, 0.05) is 45.5 Å². The van der Waals surface area contributed by atoms with Gasteiger partial charge in [0.05, 0.1) is 6.42 Å². The number of pyridine rings is 1. The number of aromatic nitrogens is 1. The number of nitrogens with two attached hydrogens (primary N) is 1. The SMILES string of the molecule is NCc1ccc(N2CCN(CCC(F)(F)F)CC2)nc1. The highest BCUT2D eigenvalue weighted by Gasteiger charge is 2.28. The molecule has 0 amide bonds. The van der Waals surface area contributed by atoms with E-state index in [2.05, 4.69) is 9.88 Å². The first-order valence-corrected chi connectivity index (χ1v) is 6.67. The van der Waals surface area contributed by atoms with Crippen molar-refractivity contribution in [1.82, 2.24) is 9.88 Å². The van der Waals surface area contributed by atoms with Crippen molar-refractivity contribution in [2.45, 2.75) is 19.1 Å². The molecule has 1 fully saturated rings. The minimum atomic E-state index is -4.07. The highest BCUT2D eigenvalue weighted by molar-refractivity contribution is 5.39. The molecule has 0 aromatic carbocycles. The Bertz CT molecular complexity index is 411. The topological polar surface area (TPSA) is 45.4 Å². The second kappa shape index (κ2) is 6.41. The van der Waals surface area contributed by atoms with Gasteiger partial charge in [-0.2, -0.15) is 13.2 Å². The number of anilines is 1. The lowest BCUT2D eigenvalue weighted by Crippen LogP contribution is -2.47. The second-order valence-corrected chi connectivity index (χ2v) is 4.92. The number of halogens is 3. The van der Waals surface area contributed by atoms with E-state index in [1.165, 1.54) is 0 Å². The van der Waals surface area contributed by atoms with E-state index in [-0.39, 0.29) is 6.54 Å². The number of hydrogen-bond acceptors (Lipinski definition) is 4. The zero-order chi connectivity index (χ0) is 14.6. The summed E-state index contributed by atoms with van der Waals surface area (Å²) in [6, 6.07) is 3.84. The third-order valence-corrected chi connectivity index (χ3v) is 3.45. The molecule has 0 aliphatic carbocycles. The molecular formula is C13H19F3N4. The van der Waals surface area contributed by atoms with Crippen LogP contribution in [0.25, 0.3) is 0 Å². The molecule has 0 radical (unpaired) electrons. The summed E-state index contributed by atoms with van der Waals surface area (Å²) in [6.07, 6.45) is -3.07. The number of hydrogen-bond donors (Lipinski definition) is 1. The van der Waals surface area contributed by atoms with E-state index in [4.69, 9.17) is 5.73 Å². The van der Waals surface area contributed by atoms with Crippen LogP contribution in [0.15, 0.2) is 18.3 Å². The van der Waals surface area contributed by atoms with Gasteiger partial charge in [0.1, 0.15) is 5.82 Å². The lowest BCUT2D eigenvalue weighted by Gasteiger charge is -2.35. The third kappa shape index (κ3) is 4.35. The Morgan fingerprint density at radius 1 is 1.15 bits per heavy atom. The normalized spacial score (nSPS) is 17.5. The van der Waals surface area contributed by atoms with Gasteiger partial charge in [-0.25, -0.2) is 4.98 Å². The first kappa shape index (κ1) is 15.1. The predicted octanol–water partition coefficient (Wildman–Crippen LogP) is 1.61. The summed E-state index contributed by atoms with van der Waals surface area (Å²) in [4.78, 5) is 8.26. The molecule has 1 aliphatic rings. The maximum atomic E-state index is 12.2. The van der Waals surface area contributed by atoms with Crippen LogP contribution >= 0.6 is 0 Å². The van der Waals surface area contributed by atoms with Crippen LogP contribution in [0.5, 0.6) is 0 Å². The summed E-state index contributed by atoms with van der Waals surface area (Å²) in [6.45, 7) is 3.21. The first-order chi connectivity index (χ1) is 9.48. The number of nitrogens with zero attached hydrogens (tertiary/aromatic N) is 3. The van der Waals surface area contributed by atoms with Crippen molar-refractivity contribution in [2.75, 3.05) is 37.6 Å². The van der Waals surface area contributed by atoms with Crippen LogP contribution in [0, 0.1) is 0 Å². The standard InChI is InChI=1S/C13H19F3N4/c14-13(15,16)3-4-19-5-7-20(8-6-19)12-2-1-11(9-17)10-18-12/h1-2,10H,3-9,17H2. The first-order valence-electron chi connectivity index (χ1n) is 6.67. The van der Waals surface area contributed by atoms with Crippen LogP contribution < -0.4 is 10.6 Å². The lowest BCUT2D eigenvalue weighted by molar-refractivity contribution is -0.138. The van der Waals surface area contributed by atoms with Crippen molar-refractivity contribution in [3.8, 4) is 0 Å². The molecule has 0 spiro atoms. The Balaban J connectivity index is 1.81. The molecule has 20 heavy (non-hydrogen) atoms. The van der Waals surface area contributed by atoms with E-state index in [0.717, 1.165) is 11.4 Å². The quantitative estimate of drug-likeness (QED) is 0.914. The lowest BCUT2D eigenvalue weighted by atomic mass is 10.2. The molecule has 7 heteroatoms. The molecule has 0 atom stereocenters. The largest absolute Gasteiger partial charge is 0.390 e. The van der Waals surface area contributed by atoms with E-state index >= 15 is 0 Å². The Morgan fingerprint density at radius 3 is 2.35 bits per heavy atom. The Kier molecular flexibility index (Phi) is 4.82. The van der Waals surface area contributed by atoms with E-state index in [0.29, 0.717) is 32.7 Å². The summed E-state index contributed by atoms with van der Waals surface area (Å²) in [5, 5.41) is 0. The maximum Gasteiger partial charge on any atom is 0.390 e. The van der Waals surface area contributed by atoms with Crippen LogP contribution in [0.2, 0.25) is 0 Å². The van der Waals surface area contributed by atoms with Gasteiger partial charge in [-0.15, -0.1) is 0 Å². The summed E-state index contributed by atoms with van der Waals surface area (Å²) >= 11 is 0. The van der Waals surface area contributed by atoms with Gasteiger partial charge >= 0.3 is 6.18 Å². The zero-order valence-electron chi connectivity index (χ0n) is 11.2. The van der Waals surface area contributed by atoms with Crippen molar-refractivity contribution < 1.29 is 13.2 Å². The van der Waals surface area contributed by atoms with Crippen LogP contribution in [0.1, 0.15) is 12.0 Å². The Morgan fingerprint density at radius 2 is 1.85 bits per heavy atom. The van der Waals surface area contributed by atoms with Gasteiger partial charge in [-0.3, -0.25) is 4.90 Å². The van der Waals surface area contributed by atoms with Gasteiger partial charge in [-0.1, -0.05) is 6.07 Å². The molecule has 112 valence electrons. The van der Waals surface area contributed by atoms with Gasteiger partial charge in [0.2, 0.25) is 0 Å². The van der Waals surface area contributed by atoms with Crippen molar-refractivity contribution >= 4 is 5.82 Å². The monoisotopic (exact) mass is 288 g/mol. The molecule has 2 heterocycles. The van der Waals surface area contributed by atoms with Crippen molar-refractivity contribution in [2.24, 2.45) is 5.73 Å². The van der Waals surface area contributed by atoms with Crippen molar-refractivity contribution in [3.63, 3.8) is 0 Å².